The Labute approximate surface area is 190 Å². The number of urea groups is 1. The quantitative estimate of drug-likeness (QED) is 0.632. The highest BCUT2D eigenvalue weighted by molar-refractivity contribution is 6.34. The highest BCUT2D eigenvalue weighted by atomic mass is 35.5. The lowest BCUT2D eigenvalue weighted by Gasteiger charge is -2.23. The van der Waals surface area contributed by atoms with Crippen molar-refractivity contribution in [3.8, 4) is 11.1 Å². The van der Waals surface area contributed by atoms with E-state index in [2.05, 4.69) is 6.92 Å². The van der Waals surface area contributed by atoms with Crippen LogP contribution in [0.4, 0.5) is 9.18 Å². The molecule has 2 aromatic carbocycles. The number of benzene rings is 2. The number of hydrogen-bond acceptors (Lipinski definition) is 3. The van der Waals surface area contributed by atoms with Crippen LogP contribution in [0, 0.1) is 11.7 Å². The van der Waals surface area contributed by atoms with Crippen molar-refractivity contribution in [2.24, 2.45) is 5.92 Å². The summed E-state index contributed by atoms with van der Waals surface area (Å²) in [6, 6.07) is 8.02. The van der Waals surface area contributed by atoms with E-state index in [9.17, 15) is 14.4 Å². The number of hydrogen-bond donors (Lipinski definition) is 0. The molecule has 0 N–H and O–H groups in total. The highest BCUT2D eigenvalue weighted by Gasteiger charge is 2.39. The van der Waals surface area contributed by atoms with E-state index in [1.807, 2.05) is 11.0 Å². The molecule has 1 atom stereocenters. The molecule has 6 nitrogen and oxygen atoms in total. The minimum absolute atomic E-state index is 0.0110. The summed E-state index contributed by atoms with van der Waals surface area (Å²) in [5, 5.41) is 0.334. The number of carbonyl (C=O) groups is 3. The first-order valence-corrected chi connectivity index (χ1v) is 11.1. The highest BCUT2D eigenvalue weighted by Crippen LogP contribution is 2.41. The van der Waals surface area contributed by atoms with Crippen LogP contribution in [0.5, 0.6) is 0 Å². The van der Waals surface area contributed by atoms with E-state index in [-0.39, 0.29) is 37.0 Å². The Hall–Kier alpha value is -2.93. The molecular weight excluding hydrogens is 433 g/mol. The molecule has 5 rings (SSSR count). The molecule has 3 aliphatic rings. The van der Waals surface area contributed by atoms with Crippen LogP contribution in [0.25, 0.3) is 11.1 Å². The smallest absolute Gasteiger partial charge is 0.327 e. The van der Waals surface area contributed by atoms with Crippen LogP contribution >= 0.6 is 11.6 Å². The first-order valence-electron chi connectivity index (χ1n) is 10.7. The maximum absolute atomic E-state index is 15.0. The maximum atomic E-state index is 15.0. The van der Waals surface area contributed by atoms with Crippen molar-refractivity contribution in [2.75, 3.05) is 13.6 Å². The zero-order chi connectivity index (χ0) is 22.7. The van der Waals surface area contributed by atoms with Gasteiger partial charge >= 0.3 is 6.03 Å². The Morgan fingerprint density at radius 2 is 1.88 bits per heavy atom. The van der Waals surface area contributed by atoms with Gasteiger partial charge in [0.2, 0.25) is 5.91 Å². The van der Waals surface area contributed by atoms with E-state index < -0.39 is 5.82 Å². The summed E-state index contributed by atoms with van der Waals surface area (Å²) in [5.41, 5.74) is 2.91. The Morgan fingerprint density at radius 3 is 2.50 bits per heavy atom. The molecule has 0 spiro atoms. The summed E-state index contributed by atoms with van der Waals surface area (Å²) >= 11 is 6.47. The summed E-state index contributed by atoms with van der Waals surface area (Å²) in [6.45, 7) is 2.70. The fourth-order valence-electron chi connectivity index (χ4n) is 4.64. The largest absolute Gasteiger partial charge is 0.331 e. The molecule has 1 unspecified atom stereocenters. The Balaban J connectivity index is 1.40. The molecule has 166 valence electrons. The van der Waals surface area contributed by atoms with Crippen LogP contribution < -0.4 is 0 Å². The second-order valence-electron chi connectivity index (χ2n) is 8.91. The lowest BCUT2D eigenvalue weighted by atomic mass is 9.98. The van der Waals surface area contributed by atoms with Gasteiger partial charge in [-0.15, -0.1) is 0 Å². The van der Waals surface area contributed by atoms with Gasteiger partial charge in [-0.25, -0.2) is 9.18 Å². The first-order chi connectivity index (χ1) is 15.2. The number of rotatable bonds is 5. The fourth-order valence-corrected chi connectivity index (χ4v) is 4.95. The van der Waals surface area contributed by atoms with Gasteiger partial charge in [-0.3, -0.25) is 14.5 Å². The third-order valence-electron chi connectivity index (χ3n) is 6.76. The van der Waals surface area contributed by atoms with Crippen LogP contribution in [-0.4, -0.2) is 52.2 Å². The maximum Gasteiger partial charge on any atom is 0.327 e. The number of amides is 4. The average molecular weight is 456 g/mol. The molecule has 1 aliphatic carbocycles. The van der Waals surface area contributed by atoms with Gasteiger partial charge in [-0.1, -0.05) is 23.7 Å². The molecule has 2 fully saturated rings. The summed E-state index contributed by atoms with van der Waals surface area (Å²) in [5.74, 6) is -0.229. The molecule has 2 aromatic rings. The standard InChI is InChI=1S/C24H23ClFN3O3/c1-13(15-4-5-15)29-11-17-8-16(9-19(25)22(17)23(29)31)18-6-3-14(7-20(18)26)10-28-12-21(30)27(2)24(28)32/h3,6-9,13,15H,4-5,10-12H2,1-2H3. The predicted octanol–water partition coefficient (Wildman–Crippen LogP) is 4.29. The van der Waals surface area contributed by atoms with Crippen molar-refractivity contribution >= 4 is 29.4 Å². The normalized spacial score (nSPS) is 19.2. The van der Waals surface area contributed by atoms with E-state index >= 15 is 4.39 Å². The van der Waals surface area contributed by atoms with Crippen molar-refractivity contribution in [3.05, 3.63) is 57.9 Å². The zero-order valence-corrected chi connectivity index (χ0v) is 18.7. The number of carbonyl (C=O) groups excluding carboxylic acids is 3. The van der Waals surface area contributed by atoms with Crippen molar-refractivity contribution in [2.45, 2.75) is 38.9 Å². The van der Waals surface area contributed by atoms with Gasteiger partial charge in [0.05, 0.1) is 10.6 Å². The topological polar surface area (TPSA) is 60.9 Å². The SMILES string of the molecule is CC(C1CC1)N1Cc2cc(-c3ccc(CN4CC(=O)N(C)C4=O)cc3F)cc(Cl)c2C1=O. The van der Waals surface area contributed by atoms with Gasteiger partial charge in [-0.05, 0) is 60.6 Å². The van der Waals surface area contributed by atoms with E-state index in [1.54, 1.807) is 18.2 Å². The summed E-state index contributed by atoms with van der Waals surface area (Å²) in [6.07, 6.45) is 2.29. The van der Waals surface area contributed by atoms with Crippen LogP contribution in [-0.2, 0) is 17.9 Å². The zero-order valence-electron chi connectivity index (χ0n) is 17.9. The predicted molar refractivity (Wildman–Crippen MR) is 117 cm³/mol. The minimum Gasteiger partial charge on any atom is -0.331 e. The molecule has 0 aromatic heterocycles. The van der Waals surface area contributed by atoms with Crippen LogP contribution in [0.1, 0.15) is 41.3 Å². The van der Waals surface area contributed by atoms with Crippen LogP contribution in [0.15, 0.2) is 30.3 Å². The molecular formula is C24H23ClFN3O3. The summed E-state index contributed by atoms with van der Waals surface area (Å²) < 4.78 is 15.0. The molecule has 2 aliphatic heterocycles. The third kappa shape index (κ3) is 3.45. The van der Waals surface area contributed by atoms with Crippen molar-refractivity contribution in [1.29, 1.82) is 0 Å². The minimum atomic E-state index is -0.447. The Bertz CT molecular complexity index is 1160. The Kier molecular flexibility index (Phi) is 4.97. The van der Waals surface area contributed by atoms with Gasteiger partial charge in [0.25, 0.3) is 5.91 Å². The van der Waals surface area contributed by atoms with Gasteiger partial charge in [0, 0.05) is 31.7 Å². The number of fused-ring (bicyclic) bond motifs is 1. The van der Waals surface area contributed by atoms with Crippen LogP contribution in [0.2, 0.25) is 5.02 Å². The third-order valence-corrected chi connectivity index (χ3v) is 7.06. The van der Waals surface area contributed by atoms with E-state index in [4.69, 9.17) is 11.6 Å². The lowest BCUT2D eigenvalue weighted by Crippen LogP contribution is -2.34. The monoisotopic (exact) mass is 455 g/mol. The van der Waals surface area contributed by atoms with Gasteiger partial charge in [0.1, 0.15) is 12.4 Å². The van der Waals surface area contributed by atoms with Crippen LogP contribution in [0.3, 0.4) is 0 Å². The van der Waals surface area contributed by atoms with E-state index in [1.165, 1.54) is 18.0 Å². The van der Waals surface area contributed by atoms with Gasteiger partial charge in [0.15, 0.2) is 0 Å². The fraction of sp³-hybridized carbons (Fsp3) is 0.375. The average Bonchev–Trinajstić information content (AvgIpc) is 3.50. The van der Waals surface area contributed by atoms with E-state index in [0.29, 0.717) is 39.7 Å². The summed E-state index contributed by atoms with van der Waals surface area (Å²) in [4.78, 5) is 41.0. The number of halogens is 2. The molecule has 32 heavy (non-hydrogen) atoms. The molecule has 0 bridgehead atoms. The molecule has 1 saturated carbocycles. The van der Waals surface area contributed by atoms with E-state index in [0.717, 1.165) is 23.3 Å². The molecule has 1 saturated heterocycles. The molecule has 2 heterocycles. The molecule has 4 amide bonds. The molecule has 0 radical (unpaired) electrons. The van der Waals surface area contributed by atoms with Gasteiger partial charge < -0.3 is 9.80 Å². The van der Waals surface area contributed by atoms with Gasteiger partial charge in [-0.2, -0.15) is 0 Å². The lowest BCUT2D eigenvalue weighted by molar-refractivity contribution is -0.124. The second kappa shape index (κ2) is 7.59. The van der Waals surface area contributed by atoms with Crippen molar-refractivity contribution in [3.63, 3.8) is 0 Å². The first kappa shape index (κ1) is 20.9. The Morgan fingerprint density at radius 1 is 1.12 bits per heavy atom. The molecule has 8 heteroatoms. The number of imide groups is 1. The van der Waals surface area contributed by atoms with Crippen molar-refractivity contribution < 1.29 is 18.8 Å². The summed E-state index contributed by atoms with van der Waals surface area (Å²) in [7, 11) is 1.43. The number of likely N-dealkylation sites (N-methyl/N-ethyl adjacent to an activating group) is 1. The van der Waals surface area contributed by atoms with Crippen molar-refractivity contribution in [1.82, 2.24) is 14.7 Å². The second-order valence-corrected chi connectivity index (χ2v) is 9.32. The number of nitrogens with zero attached hydrogens (tertiary/aromatic N) is 3.